The van der Waals surface area contributed by atoms with Crippen LogP contribution >= 0.6 is 0 Å². The minimum absolute atomic E-state index is 0.0774. The number of hydrogen-bond donors (Lipinski definition) is 3. The van der Waals surface area contributed by atoms with Gasteiger partial charge in [-0.05, 0) is 52.4 Å². The van der Waals surface area contributed by atoms with Crippen molar-refractivity contribution in [3.63, 3.8) is 0 Å². The molecule has 7 heteroatoms. The second kappa shape index (κ2) is 14.1. The summed E-state index contributed by atoms with van der Waals surface area (Å²) in [6, 6.07) is 35.8. The Kier molecular flexibility index (Phi) is 9.87. The van der Waals surface area contributed by atoms with Crippen LogP contribution in [0.3, 0.4) is 0 Å². The summed E-state index contributed by atoms with van der Waals surface area (Å²) in [7, 11) is 0. The first-order valence-electron chi connectivity index (χ1n) is 14.8. The molecule has 7 nitrogen and oxygen atoms in total. The molecule has 0 saturated carbocycles. The number of hydrogen-bond acceptors (Lipinski definition) is 6. The van der Waals surface area contributed by atoms with Gasteiger partial charge in [0.05, 0.1) is 6.61 Å². The molecule has 1 heterocycles. The summed E-state index contributed by atoms with van der Waals surface area (Å²) in [6.07, 6.45) is 0.235. The monoisotopic (exact) mass is 577 g/mol. The second-order valence-corrected chi connectivity index (χ2v) is 11.2. The minimum Gasteiger partial charge on any atom is -0.494 e. The fourth-order valence-electron chi connectivity index (χ4n) is 5.11. The van der Waals surface area contributed by atoms with Crippen molar-refractivity contribution < 1.29 is 19.4 Å². The topological polar surface area (TPSA) is 92.2 Å². The van der Waals surface area contributed by atoms with E-state index in [4.69, 9.17) is 19.6 Å². The van der Waals surface area contributed by atoms with Crippen molar-refractivity contribution in [2.24, 2.45) is 10.9 Å². The molecule has 0 saturated heterocycles. The predicted octanol–water partition coefficient (Wildman–Crippen LogP) is 5.89. The summed E-state index contributed by atoms with van der Waals surface area (Å²) < 4.78 is 12.4. The molecule has 0 bridgehead atoms. The van der Waals surface area contributed by atoms with Crippen LogP contribution < -0.4 is 15.6 Å². The molecular weight excluding hydrogens is 538 g/mol. The van der Waals surface area contributed by atoms with Gasteiger partial charge in [0, 0.05) is 31.6 Å². The fraction of sp³-hybridized carbons (Fsp3) is 0.278. The zero-order valence-electron chi connectivity index (χ0n) is 24.7. The van der Waals surface area contributed by atoms with Crippen LogP contribution in [0.25, 0.3) is 11.1 Å². The Morgan fingerprint density at radius 3 is 2.16 bits per heavy atom. The number of ether oxygens (including phenoxy) is 2. The Morgan fingerprint density at radius 1 is 0.884 bits per heavy atom. The van der Waals surface area contributed by atoms with Crippen molar-refractivity contribution >= 4 is 11.8 Å². The molecule has 2 atom stereocenters. The van der Waals surface area contributed by atoms with E-state index in [1.165, 1.54) is 0 Å². The number of rotatable bonds is 13. The number of benzene rings is 4. The molecule has 0 aromatic heterocycles. The van der Waals surface area contributed by atoms with Gasteiger partial charge in [0.15, 0.2) is 11.6 Å². The number of nitrogens with zero attached hydrogens (tertiary/aromatic N) is 1. The molecule has 1 amide bonds. The van der Waals surface area contributed by atoms with Crippen molar-refractivity contribution in [2.75, 3.05) is 19.8 Å². The lowest BCUT2D eigenvalue weighted by atomic mass is 9.82. The van der Waals surface area contributed by atoms with E-state index in [2.05, 4.69) is 49.0 Å². The Labute approximate surface area is 253 Å². The van der Waals surface area contributed by atoms with Crippen molar-refractivity contribution in [1.82, 2.24) is 10.9 Å². The molecule has 5 rings (SSSR count). The van der Waals surface area contributed by atoms with Crippen LogP contribution in [0.5, 0.6) is 5.75 Å². The quantitative estimate of drug-likeness (QED) is 0.136. The van der Waals surface area contributed by atoms with Crippen molar-refractivity contribution in [3.8, 4) is 16.9 Å². The number of carbonyl (C=O) groups excluding carboxylic acids is 1. The molecule has 43 heavy (non-hydrogen) atoms. The lowest BCUT2D eigenvalue weighted by Crippen LogP contribution is -2.54. The van der Waals surface area contributed by atoms with Crippen LogP contribution in [0.15, 0.2) is 114 Å². The summed E-state index contributed by atoms with van der Waals surface area (Å²) in [5.41, 5.74) is 9.56. The zero-order valence-corrected chi connectivity index (χ0v) is 24.7. The van der Waals surface area contributed by atoms with Gasteiger partial charge in [-0.3, -0.25) is 10.2 Å². The third-order valence-corrected chi connectivity index (χ3v) is 7.38. The third kappa shape index (κ3) is 7.31. The van der Waals surface area contributed by atoms with Gasteiger partial charge in [-0.1, -0.05) is 98.8 Å². The molecular formula is C36H39N3O4. The molecule has 3 N–H and O–H groups in total. The number of amides is 1. The Morgan fingerprint density at radius 2 is 1.51 bits per heavy atom. The SMILES string of the molecule is CC(C)CNNC(=O)[C@@]1(Cc2ccccc2)N=C(c2ccc(OCCCO)cc2)O[C@H]1c1ccc(-c2ccccc2)cc1. The number of aliphatic hydroxyl groups excluding tert-OH is 1. The van der Waals surface area contributed by atoms with Gasteiger partial charge in [-0.25, -0.2) is 10.4 Å². The van der Waals surface area contributed by atoms with E-state index < -0.39 is 11.6 Å². The maximum atomic E-state index is 14.2. The van der Waals surface area contributed by atoms with E-state index in [0.29, 0.717) is 43.6 Å². The van der Waals surface area contributed by atoms with Crippen LogP contribution in [0.4, 0.5) is 0 Å². The van der Waals surface area contributed by atoms with Crippen LogP contribution in [0, 0.1) is 5.92 Å². The Balaban J connectivity index is 1.53. The normalized spacial score (nSPS) is 17.8. The number of carbonyl (C=O) groups is 1. The second-order valence-electron chi connectivity index (χ2n) is 11.2. The average molecular weight is 578 g/mol. The average Bonchev–Trinajstić information content (AvgIpc) is 3.42. The lowest BCUT2D eigenvalue weighted by Gasteiger charge is -2.31. The maximum absolute atomic E-state index is 14.2. The van der Waals surface area contributed by atoms with E-state index in [1.54, 1.807) is 0 Å². The predicted molar refractivity (Wildman–Crippen MR) is 170 cm³/mol. The smallest absolute Gasteiger partial charge is 0.266 e. The molecule has 0 spiro atoms. The van der Waals surface area contributed by atoms with E-state index in [9.17, 15) is 4.79 Å². The fourth-order valence-corrected chi connectivity index (χ4v) is 5.11. The van der Waals surface area contributed by atoms with Gasteiger partial charge in [-0.2, -0.15) is 0 Å². The van der Waals surface area contributed by atoms with Crippen LogP contribution in [-0.2, 0) is 16.0 Å². The number of aliphatic imine (C=N–C) groups is 1. The van der Waals surface area contributed by atoms with Crippen molar-refractivity contribution in [2.45, 2.75) is 38.3 Å². The molecule has 0 fully saturated rings. The van der Waals surface area contributed by atoms with Crippen molar-refractivity contribution in [1.29, 1.82) is 0 Å². The summed E-state index contributed by atoms with van der Waals surface area (Å²) >= 11 is 0. The molecule has 0 aliphatic carbocycles. The molecule has 4 aromatic carbocycles. The summed E-state index contributed by atoms with van der Waals surface area (Å²) in [5.74, 6) is 1.18. The van der Waals surface area contributed by atoms with Crippen LogP contribution in [0.1, 0.15) is 43.1 Å². The summed E-state index contributed by atoms with van der Waals surface area (Å²) in [5, 5.41) is 9.06. The van der Waals surface area contributed by atoms with E-state index in [1.807, 2.05) is 84.9 Å². The minimum atomic E-state index is -1.27. The highest BCUT2D eigenvalue weighted by atomic mass is 16.5. The standard InChI is InChI=1S/C36H39N3O4/c1-26(2)25-37-39-35(41)36(24-27-10-5-3-6-11-27)33(30-16-14-29(15-17-30)28-12-7-4-8-13-28)43-34(38-36)31-18-20-32(21-19-31)42-23-9-22-40/h3-8,10-21,26,33,37,40H,9,22-25H2,1-2H3,(H,39,41)/t33-,36-/m0/s1. The van der Waals surface area contributed by atoms with E-state index in [0.717, 1.165) is 27.8 Å². The molecule has 0 radical (unpaired) electrons. The van der Waals surface area contributed by atoms with Gasteiger partial charge < -0.3 is 14.6 Å². The van der Waals surface area contributed by atoms with Gasteiger partial charge >= 0.3 is 0 Å². The third-order valence-electron chi connectivity index (χ3n) is 7.38. The first kappa shape index (κ1) is 30.0. The maximum Gasteiger partial charge on any atom is 0.266 e. The largest absolute Gasteiger partial charge is 0.494 e. The number of aliphatic hydroxyl groups is 1. The van der Waals surface area contributed by atoms with E-state index >= 15 is 0 Å². The van der Waals surface area contributed by atoms with Gasteiger partial charge in [-0.15, -0.1) is 0 Å². The highest BCUT2D eigenvalue weighted by Gasteiger charge is 2.53. The van der Waals surface area contributed by atoms with Crippen molar-refractivity contribution in [3.05, 3.63) is 126 Å². The molecule has 0 unspecified atom stereocenters. The molecule has 222 valence electrons. The summed E-state index contributed by atoms with van der Waals surface area (Å²) in [4.78, 5) is 19.3. The highest BCUT2D eigenvalue weighted by molar-refractivity contribution is 6.01. The Hall–Kier alpha value is -4.46. The van der Waals surface area contributed by atoms with Gasteiger partial charge in [0.25, 0.3) is 5.91 Å². The first-order chi connectivity index (χ1) is 21.0. The number of nitrogens with one attached hydrogen (secondary N) is 2. The van der Waals surface area contributed by atoms with Gasteiger partial charge in [0.1, 0.15) is 5.75 Å². The lowest BCUT2D eigenvalue weighted by molar-refractivity contribution is -0.130. The van der Waals surface area contributed by atoms with E-state index in [-0.39, 0.29) is 12.5 Å². The first-order valence-corrected chi connectivity index (χ1v) is 14.8. The molecule has 4 aromatic rings. The zero-order chi connectivity index (χ0) is 30.1. The number of hydrazine groups is 1. The summed E-state index contributed by atoms with van der Waals surface area (Å²) in [6.45, 7) is 5.30. The highest BCUT2D eigenvalue weighted by Crippen LogP contribution is 2.43. The Bertz CT molecular complexity index is 1490. The van der Waals surface area contributed by atoms with Crippen LogP contribution in [0.2, 0.25) is 0 Å². The molecule has 1 aliphatic rings. The molecule has 1 aliphatic heterocycles. The van der Waals surface area contributed by atoms with Crippen LogP contribution in [-0.4, -0.2) is 42.2 Å². The van der Waals surface area contributed by atoms with Gasteiger partial charge in [0.2, 0.25) is 5.90 Å².